The van der Waals surface area contributed by atoms with Crippen molar-refractivity contribution in [2.24, 2.45) is 0 Å². The lowest BCUT2D eigenvalue weighted by molar-refractivity contribution is 0.891. The largest absolute Gasteiger partial charge is 0.322 e. The summed E-state index contributed by atoms with van der Waals surface area (Å²) in [5, 5.41) is 0. The zero-order valence-electron chi connectivity index (χ0n) is 10.1. The topological polar surface area (TPSA) is 4.93 Å². The minimum Gasteiger partial charge on any atom is -0.322 e. The molecule has 1 aliphatic carbocycles. The van der Waals surface area contributed by atoms with Gasteiger partial charge in [-0.3, -0.25) is 0 Å². The summed E-state index contributed by atoms with van der Waals surface area (Å²) < 4.78 is 2.41. The molecule has 0 saturated carbocycles. The van der Waals surface area contributed by atoms with Gasteiger partial charge in [-0.1, -0.05) is 12.2 Å². The van der Waals surface area contributed by atoms with Crippen molar-refractivity contribution in [2.75, 3.05) is 0 Å². The summed E-state index contributed by atoms with van der Waals surface area (Å²) in [6.45, 7) is 8.86. The Hall–Kier alpha value is -1.24. The first kappa shape index (κ1) is 10.3. The molecule has 1 aromatic rings. The quantitative estimate of drug-likeness (QED) is 0.649. The minimum atomic E-state index is 1.16. The van der Waals surface area contributed by atoms with Crippen molar-refractivity contribution in [1.82, 2.24) is 4.57 Å². The van der Waals surface area contributed by atoms with Crippen molar-refractivity contribution in [1.29, 1.82) is 0 Å². The van der Waals surface area contributed by atoms with Crippen LogP contribution in [0.25, 0.3) is 5.70 Å². The molecule has 2 rings (SSSR count). The lowest BCUT2D eigenvalue weighted by Gasteiger charge is -2.15. The molecule has 0 atom stereocenters. The zero-order valence-corrected chi connectivity index (χ0v) is 10.1. The van der Waals surface area contributed by atoms with Gasteiger partial charge in [0.25, 0.3) is 0 Å². The number of rotatable bonds is 1. The van der Waals surface area contributed by atoms with E-state index in [-0.39, 0.29) is 0 Å². The van der Waals surface area contributed by atoms with Crippen LogP contribution in [0.3, 0.4) is 0 Å². The Labute approximate surface area is 92.1 Å². The molecule has 15 heavy (non-hydrogen) atoms. The molecule has 0 aliphatic heterocycles. The lowest BCUT2D eigenvalue weighted by Crippen LogP contribution is -2.03. The van der Waals surface area contributed by atoms with Crippen molar-refractivity contribution in [2.45, 2.75) is 40.5 Å². The van der Waals surface area contributed by atoms with E-state index in [1.54, 1.807) is 0 Å². The van der Waals surface area contributed by atoms with Crippen molar-refractivity contribution in [3.63, 3.8) is 0 Å². The van der Waals surface area contributed by atoms with E-state index in [2.05, 4.69) is 50.5 Å². The van der Waals surface area contributed by atoms with Gasteiger partial charge >= 0.3 is 0 Å². The summed E-state index contributed by atoms with van der Waals surface area (Å²) in [7, 11) is 0. The molecule has 0 fully saturated rings. The highest BCUT2D eigenvalue weighted by molar-refractivity contribution is 5.56. The fraction of sp³-hybridized carbons (Fsp3) is 0.429. The summed E-state index contributed by atoms with van der Waals surface area (Å²) in [6, 6.07) is 0. The van der Waals surface area contributed by atoms with Crippen molar-refractivity contribution in [3.8, 4) is 0 Å². The molecule has 0 amide bonds. The van der Waals surface area contributed by atoms with Gasteiger partial charge in [0.2, 0.25) is 0 Å². The van der Waals surface area contributed by atoms with Gasteiger partial charge in [-0.15, -0.1) is 0 Å². The Morgan fingerprint density at radius 1 is 1.00 bits per heavy atom. The number of nitrogens with zero attached hydrogens (tertiary/aromatic N) is 1. The second-order valence-electron chi connectivity index (χ2n) is 4.38. The van der Waals surface area contributed by atoms with Crippen LogP contribution in [0, 0.1) is 27.7 Å². The van der Waals surface area contributed by atoms with Crippen molar-refractivity contribution >= 4 is 5.70 Å². The SMILES string of the molecule is Cc1c(C)c(C)n(C2=CC=CCC2)c1C. The molecular weight excluding hydrogens is 182 g/mol. The van der Waals surface area contributed by atoms with Gasteiger partial charge in [-0.2, -0.15) is 0 Å². The number of hydrogen-bond acceptors (Lipinski definition) is 0. The molecule has 0 aromatic carbocycles. The van der Waals surface area contributed by atoms with E-state index in [1.807, 2.05) is 0 Å². The maximum atomic E-state index is 2.41. The highest BCUT2D eigenvalue weighted by Crippen LogP contribution is 2.27. The summed E-state index contributed by atoms with van der Waals surface area (Å²) in [6.07, 6.45) is 8.97. The van der Waals surface area contributed by atoms with E-state index in [4.69, 9.17) is 0 Å². The Morgan fingerprint density at radius 2 is 1.60 bits per heavy atom. The average Bonchev–Trinajstić information content (AvgIpc) is 2.45. The first-order chi connectivity index (χ1) is 7.13. The average molecular weight is 201 g/mol. The Kier molecular flexibility index (Phi) is 2.56. The van der Waals surface area contributed by atoms with Crippen molar-refractivity contribution < 1.29 is 0 Å². The van der Waals surface area contributed by atoms with Gasteiger partial charge in [0.05, 0.1) is 0 Å². The van der Waals surface area contributed by atoms with Crippen LogP contribution >= 0.6 is 0 Å². The first-order valence-corrected chi connectivity index (χ1v) is 5.64. The molecule has 1 nitrogen and oxygen atoms in total. The maximum absolute atomic E-state index is 2.41. The minimum absolute atomic E-state index is 1.16. The summed E-state index contributed by atoms with van der Waals surface area (Å²) >= 11 is 0. The summed E-state index contributed by atoms with van der Waals surface area (Å²) in [4.78, 5) is 0. The smallest absolute Gasteiger partial charge is 0.0229 e. The Balaban J connectivity index is 2.57. The monoisotopic (exact) mass is 201 g/mol. The lowest BCUT2D eigenvalue weighted by atomic mass is 10.1. The third-order valence-corrected chi connectivity index (χ3v) is 3.60. The van der Waals surface area contributed by atoms with Gasteiger partial charge in [-0.25, -0.2) is 0 Å². The van der Waals surface area contributed by atoms with E-state index in [0.29, 0.717) is 0 Å². The van der Waals surface area contributed by atoms with Gasteiger partial charge in [0.15, 0.2) is 0 Å². The normalized spacial score (nSPS) is 15.6. The molecule has 0 N–H and O–H groups in total. The second-order valence-corrected chi connectivity index (χ2v) is 4.38. The van der Waals surface area contributed by atoms with Crippen molar-refractivity contribution in [3.05, 3.63) is 40.7 Å². The van der Waals surface area contributed by atoms with Crippen LogP contribution in [0.4, 0.5) is 0 Å². The van der Waals surface area contributed by atoms with Gasteiger partial charge in [0, 0.05) is 17.1 Å². The van der Waals surface area contributed by atoms with Gasteiger partial charge in [0.1, 0.15) is 0 Å². The highest BCUT2D eigenvalue weighted by atomic mass is 15.0. The molecule has 0 radical (unpaired) electrons. The molecule has 0 bridgehead atoms. The standard InChI is InChI=1S/C14H19N/c1-10-11(2)13(4)15(12(10)3)14-8-6-5-7-9-14/h5-6,8H,7,9H2,1-4H3. The number of hydrogen-bond donors (Lipinski definition) is 0. The zero-order chi connectivity index (χ0) is 11.0. The fourth-order valence-electron chi connectivity index (χ4n) is 2.34. The second kappa shape index (κ2) is 3.73. The molecule has 1 aromatic heterocycles. The van der Waals surface area contributed by atoms with Gasteiger partial charge in [-0.05, 0) is 57.7 Å². The molecule has 0 unspecified atom stereocenters. The van der Waals surface area contributed by atoms with E-state index in [9.17, 15) is 0 Å². The predicted octanol–water partition coefficient (Wildman–Crippen LogP) is 3.91. The first-order valence-electron chi connectivity index (χ1n) is 5.64. The van der Waals surface area contributed by atoms with Crippen LogP contribution < -0.4 is 0 Å². The molecule has 80 valence electrons. The Bertz CT molecular complexity index is 419. The van der Waals surface area contributed by atoms with E-state index in [1.165, 1.54) is 34.6 Å². The molecule has 0 spiro atoms. The van der Waals surface area contributed by atoms with E-state index < -0.39 is 0 Å². The van der Waals surface area contributed by atoms with Crippen LogP contribution in [0.2, 0.25) is 0 Å². The van der Waals surface area contributed by atoms with Gasteiger partial charge < -0.3 is 4.57 Å². The fourth-order valence-corrected chi connectivity index (χ4v) is 2.34. The molecule has 1 heterocycles. The third kappa shape index (κ3) is 1.56. The van der Waals surface area contributed by atoms with E-state index in [0.717, 1.165) is 6.42 Å². The summed E-state index contributed by atoms with van der Waals surface area (Å²) in [5.41, 5.74) is 7.09. The maximum Gasteiger partial charge on any atom is 0.0229 e. The van der Waals surface area contributed by atoms with Crippen LogP contribution in [0.5, 0.6) is 0 Å². The number of aromatic nitrogens is 1. The molecular formula is C14H19N. The summed E-state index contributed by atoms with van der Waals surface area (Å²) in [5.74, 6) is 0. The van der Waals surface area contributed by atoms with Crippen LogP contribution in [-0.2, 0) is 0 Å². The van der Waals surface area contributed by atoms with E-state index >= 15 is 0 Å². The third-order valence-electron chi connectivity index (χ3n) is 3.60. The molecule has 1 aliphatic rings. The number of allylic oxidation sites excluding steroid dienone is 4. The Morgan fingerprint density at radius 3 is 2.07 bits per heavy atom. The highest BCUT2D eigenvalue weighted by Gasteiger charge is 2.13. The van der Waals surface area contributed by atoms with Crippen LogP contribution in [-0.4, -0.2) is 4.57 Å². The molecule has 0 saturated heterocycles. The predicted molar refractivity (Wildman–Crippen MR) is 66.0 cm³/mol. The van der Waals surface area contributed by atoms with Crippen LogP contribution in [0.1, 0.15) is 35.4 Å². The van der Waals surface area contributed by atoms with Crippen LogP contribution in [0.15, 0.2) is 18.2 Å². The molecule has 1 heteroatoms.